The van der Waals surface area contributed by atoms with Crippen molar-refractivity contribution in [2.45, 2.75) is 26.2 Å². The molecule has 0 amide bonds. The Morgan fingerprint density at radius 3 is 2.74 bits per heavy atom. The summed E-state index contributed by atoms with van der Waals surface area (Å²) >= 11 is 1.67. The van der Waals surface area contributed by atoms with Crippen LogP contribution >= 0.6 is 11.3 Å². The number of nitrogens with zero attached hydrogens (tertiary/aromatic N) is 2. The molecule has 0 saturated carbocycles. The van der Waals surface area contributed by atoms with Gasteiger partial charge in [0, 0.05) is 5.38 Å². The Bertz CT molecular complexity index is 694. The largest absolute Gasteiger partial charge is 0.369 e. The molecule has 2 aromatic heterocycles. The Morgan fingerprint density at radius 2 is 2.05 bits per heavy atom. The van der Waals surface area contributed by atoms with Gasteiger partial charge in [-0.3, -0.25) is 4.40 Å². The van der Waals surface area contributed by atoms with E-state index in [1.807, 2.05) is 10.6 Å². The van der Waals surface area contributed by atoms with Gasteiger partial charge in [0.15, 0.2) is 0 Å². The molecule has 0 fully saturated rings. The van der Waals surface area contributed by atoms with Crippen molar-refractivity contribution in [3.05, 3.63) is 41.4 Å². The van der Waals surface area contributed by atoms with E-state index in [1.54, 1.807) is 11.3 Å². The molecule has 2 N–H and O–H groups in total. The molecule has 3 rings (SSSR count). The van der Waals surface area contributed by atoms with Crippen LogP contribution in [0, 0.1) is 0 Å². The van der Waals surface area contributed by atoms with Gasteiger partial charge in [-0.1, -0.05) is 38.1 Å². The van der Waals surface area contributed by atoms with E-state index in [-0.39, 0.29) is 0 Å². The smallest absolute Gasteiger partial charge is 0.206 e. The van der Waals surface area contributed by atoms with Crippen LogP contribution in [0.4, 0.5) is 5.95 Å². The van der Waals surface area contributed by atoms with Gasteiger partial charge in [0.2, 0.25) is 5.95 Å². The Kier molecular flexibility index (Phi) is 3.03. The van der Waals surface area contributed by atoms with Crippen LogP contribution < -0.4 is 5.73 Å². The summed E-state index contributed by atoms with van der Waals surface area (Å²) in [5.41, 5.74) is 9.60. The van der Waals surface area contributed by atoms with Gasteiger partial charge in [0.05, 0.1) is 11.9 Å². The van der Waals surface area contributed by atoms with Gasteiger partial charge in [-0.15, -0.1) is 11.3 Å². The number of anilines is 1. The van der Waals surface area contributed by atoms with Crippen molar-refractivity contribution < 1.29 is 0 Å². The van der Waals surface area contributed by atoms with Crippen LogP contribution in [-0.4, -0.2) is 9.38 Å². The number of rotatable bonds is 3. The van der Waals surface area contributed by atoms with Crippen molar-refractivity contribution in [1.29, 1.82) is 0 Å². The monoisotopic (exact) mass is 271 g/mol. The lowest BCUT2D eigenvalue weighted by molar-refractivity contribution is 0.734. The predicted octanol–water partition coefficient (Wildman–Crippen LogP) is 4.16. The number of thiazole rings is 1. The molecule has 2 heterocycles. The fraction of sp³-hybridized carbons (Fsp3) is 0.267. The van der Waals surface area contributed by atoms with Crippen LogP contribution in [0.5, 0.6) is 0 Å². The molecule has 0 saturated heterocycles. The molecule has 0 aliphatic rings. The second-order valence-electron chi connectivity index (χ2n) is 4.84. The van der Waals surface area contributed by atoms with Crippen molar-refractivity contribution in [1.82, 2.24) is 9.38 Å². The third-order valence-electron chi connectivity index (χ3n) is 3.68. The van der Waals surface area contributed by atoms with E-state index < -0.39 is 0 Å². The number of fused-ring (bicyclic) bond motifs is 1. The highest BCUT2D eigenvalue weighted by atomic mass is 32.1. The highest BCUT2D eigenvalue weighted by molar-refractivity contribution is 7.16. The van der Waals surface area contributed by atoms with E-state index in [4.69, 9.17) is 5.73 Å². The van der Waals surface area contributed by atoms with Gasteiger partial charge >= 0.3 is 0 Å². The molecule has 0 aliphatic carbocycles. The van der Waals surface area contributed by atoms with Gasteiger partial charge in [-0.05, 0) is 23.5 Å². The van der Waals surface area contributed by atoms with Crippen molar-refractivity contribution in [2.75, 3.05) is 5.73 Å². The fourth-order valence-electron chi connectivity index (χ4n) is 2.26. The maximum Gasteiger partial charge on any atom is 0.206 e. The minimum Gasteiger partial charge on any atom is -0.369 e. The molecule has 0 spiro atoms. The summed E-state index contributed by atoms with van der Waals surface area (Å²) in [7, 11) is 0. The normalized spacial score (nSPS) is 12.9. The number of hydrogen-bond acceptors (Lipinski definition) is 3. The number of benzene rings is 1. The maximum absolute atomic E-state index is 5.92. The third-order valence-corrected chi connectivity index (χ3v) is 4.55. The summed E-state index contributed by atoms with van der Waals surface area (Å²) in [5.74, 6) is 1.16. The van der Waals surface area contributed by atoms with Crippen LogP contribution in [0.2, 0.25) is 0 Å². The van der Waals surface area contributed by atoms with E-state index >= 15 is 0 Å². The van der Waals surface area contributed by atoms with Crippen molar-refractivity contribution >= 4 is 22.1 Å². The lowest BCUT2D eigenvalue weighted by Gasteiger charge is -2.09. The predicted molar refractivity (Wildman–Crippen MR) is 81.6 cm³/mol. The standard InChI is InChI=1S/C15H17N3S/c1-3-10(2)11-4-6-12(7-5-11)13-9-19-14-8-17-15(16)18(13)14/h4-10H,3H2,1-2H3,(H2,16,17). The van der Waals surface area contributed by atoms with Gasteiger partial charge in [0.25, 0.3) is 0 Å². The van der Waals surface area contributed by atoms with Gasteiger partial charge in [-0.25, -0.2) is 4.98 Å². The molecule has 0 bridgehead atoms. The Labute approximate surface area is 116 Å². The molecule has 0 radical (unpaired) electrons. The third kappa shape index (κ3) is 2.02. The van der Waals surface area contributed by atoms with Crippen LogP contribution in [0.15, 0.2) is 35.8 Å². The number of aromatic nitrogens is 2. The molecule has 0 aliphatic heterocycles. The molecular formula is C15H17N3S. The molecule has 1 unspecified atom stereocenters. The number of hydrogen-bond donors (Lipinski definition) is 1. The summed E-state index contributed by atoms with van der Waals surface area (Å²) in [4.78, 5) is 5.23. The summed E-state index contributed by atoms with van der Waals surface area (Å²) in [6.07, 6.45) is 2.98. The van der Waals surface area contributed by atoms with Crippen LogP contribution in [0.25, 0.3) is 16.1 Å². The van der Waals surface area contributed by atoms with Crippen molar-refractivity contribution in [3.8, 4) is 11.3 Å². The first kappa shape index (κ1) is 12.2. The average Bonchev–Trinajstić information content (AvgIpc) is 3.02. The summed E-state index contributed by atoms with van der Waals surface area (Å²) < 4.78 is 2.00. The summed E-state index contributed by atoms with van der Waals surface area (Å²) in [6, 6.07) is 8.76. The quantitative estimate of drug-likeness (QED) is 0.777. The first-order chi connectivity index (χ1) is 9.20. The van der Waals surface area contributed by atoms with Crippen molar-refractivity contribution in [2.24, 2.45) is 0 Å². The molecular weight excluding hydrogens is 254 g/mol. The topological polar surface area (TPSA) is 43.3 Å². The molecule has 3 aromatic rings. The summed E-state index contributed by atoms with van der Waals surface area (Å²) in [5, 5.41) is 2.13. The van der Waals surface area contributed by atoms with Crippen LogP contribution in [-0.2, 0) is 0 Å². The second-order valence-corrected chi connectivity index (χ2v) is 5.73. The summed E-state index contributed by atoms with van der Waals surface area (Å²) in [6.45, 7) is 4.47. The van der Waals surface area contributed by atoms with Gasteiger partial charge in [0.1, 0.15) is 4.83 Å². The van der Waals surface area contributed by atoms with Crippen molar-refractivity contribution in [3.63, 3.8) is 0 Å². The average molecular weight is 271 g/mol. The molecule has 1 atom stereocenters. The number of imidazole rings is 1. The Hall–Kier alpha value is -1.81. The zero-order valence-electron chi connectivity index (χ0n) is 11.1. The lowest BCUT2D eigenvalue weighted by Crippen LogP contribution is -1.95. The van der Waals surface area contributed by atoms with Gasteiger partial charge in [-0.2, -0.15) is 0 Å². The maximum atomic E-state index is 5.92. The molecule has 1 aromatic carbocycles. The zero-order chi connectivity index (χ0) is 13.4. The number of nitrogen functional groups attached to an aromatic ring is 1. The fourth-order valence-corrected chi connectivity index (χ4v) is 3.14. The molecule has 4 heteroatoms. The van der Waals surface area contributed by atoms with Crippen LogP contribution in [0.3, 0.4) is 0 Å². The first-order valence-corrected chi connectivity index (χ1v) is 7.39. The zero-order valence-corrected chi connectivity index (χ0v) is 11.9. The van der Waals surface area contributed by atoms with E-state index in [0.717, 1.165) is 16.9 Å². The van der Waals surface area contributed by atoms with Gasteiger partial charge < -0.3 is 5.73 Å². The van der Waals surface area contributed by atoms with E-state index in [9.17, 15) is 0 Å². The lowest BCUT2D eigenvalue weighted by atomic mass is 9.97. The van der Waals surface area contributed by atoms with E-state index in [0.29, 0.717) is 11.9 Å². The minimum atomic E-state index is 0.553. The highest BCUT2D eigenvalue weighted by Crippen LogP contribution is 2.29. The second kappa shape index (κ2) is 4.70. The highest BCUT2D eigenvalue weighted by Gasteiger charge is 2.10. The van der Waals surface area contributed by atoms with E-state index in [2.05, 4.69) is 48.5 Å². The van der Waals surface area contributed by atoms with Crippen LogP contribution in [0.1, 0.15) is 31.7 Å². The Balaban J connectivity index is 2.04. The number of nitrogens with two attached hydrogens (primary N) is 1. The first-order valence-electron chi connectivity index (χ1n) is 6.51. The molecule has 98 valence electrons. The van der Waals surface area contributed by atoms with E-state index in [1.165, 1.54) is 11.1 Å². The SMILES string of the molecule is CCC(C)c1ccc(-c2csc3cnc(N)n23)cc1. The molecule has 19 heavy (non-hydrogen) atoms. The minimum absolute atomic E-state index is 0.553. The molecule has 3 nitrogen and oxygen atoms in total. The Morgan fingerprint density at radius 1 is 1.32 bits per heavy atom.